The molecule has 31 heavy (non-hydrogen) atoms. The average molecular weight is 430 g/mol. The van der Waals surface area contributed by atoms with E-state index in [4.69, 9.17) is 15.6 Å². The van der Waals surface area contributed by atoms with Crippen molar-refractivity contribution in [2.45, 2.75) is 44.4 Å². The first-order valence-corrected chi connectivity index (χ1v) is 10.8. The molecule has 2 unspecified atom stereocenters. The number of nitrogens with zero attached hydrogens (tertiary/aromatic N) is 1. The van der Waals surface area contributed by atoms with Crippen molar-refractivity contribution in [3.8, 4) is 5.75 Å². The van der Waals surface area contributed by atoms with Crippen LogP contribution in [0.5, 0.6) is 5.75 Å². The second-order valence-corrected chi connectivity index (χ2v) is 7.96. The standard InChI is InChI=1S/C22H31N5O4/c23-9-11-31-18-7-4-16(5-8-18)13-21(28)25-20-14-19(26-27-20)17-6-3-15(12-17)2-1-10-24-22(29)30/h4-5,7-8,14-15,17,24H,1-3,6,9-13,23H2,(H,29,30)(H2,25,26,27,28). The number of carbonyl (C=O) groups excluding carboxylic acids is 1. The van der Waals surface area contributed by atoms with Crippen molar-refractivity contribution in [2.24, 2.45) is 11.7 Å². The second-order valence-electron chi connectivity index (χ2n) is 7.96. The molecule has 0 aliphatic heterocycles. The molecule has 1 fully saturated rings. The van der Waals surface area contributed by atoms with Crippen molar-refractivity contribution in [1.82, 2.24) is 15.5 Å². The molecule has 2 atom stereocenters. The van der Waals surface area contributed by atoms with Gasteiger partial charge in [-0.3, -0.25) is 9.89 Å². The number of nitrogens with two attached hydrogens (primary N) is 1. The lowest BCUT2D eigenvalue weighted by molar-refractivity contribution is -0.115. The van der Waals surface area contributed by atoms with Gasteiger partial charge in [0.05, 0.1) is 6.42 Å². The minimum Gasteiger partial charge on any atom is -0.492 e. The Kier molecular flexibility index (Phi) is 8.28. The molecule has 1 heterocycles. The molecule has 0 spiro atoms. The number of benzene rings is 1. The molecule has 0 bridgehead atoms. The summed E-state index contributed by atoms with van der Waals surface area (Å²) in [6.45, 7) is 1.42. The Labute approximate surface area is 181 Å². The molecular weight excluding hydrogens is 398 g/mol. The summed E-state index contributed by atoms with van der Waals surface area (Å²) in [5, 5.41) is 21.2. The Balaban J connectivity index is 1.42. The SMILES string of the molecule is NCCOc1ccc(CC(=O)Nc2cc(C3CCC(CCCNC(=O)O)C3)[nH]n2)cc1. The number of ether oxygens (including phenoxy) is 1. The summed E-state index contributed by atoms with van der Waals surface area (Å²) in [7, 11) is 0. The van der Waals surface area contributed by atoms with E-state index in [1.807, 2.05) is 30.3 Å². The van der Waals surface area contributed by atoms with Gasteiger partial charge in [0.2, 0.25) is 5.91 Å². The Morgan fingerprint density at radius 3 is 2.81 bits per heavy atom. The van der Waals surface area contributed by atoms with Crippen LogP contribution in [0.25, 0.3) is 0 Å². The molecule has 2 amide bonds. The number of anilines is 1. The van der Waals surface area contributed by atoms with E-state index in [1.165, 1.54) is 0 Å². The van der Waals surface area contributed by atoms with Crippen molar-refractivity contribution in [3.05, 3.63) is 41.6 Å². The molecule has 6 N–H and O–H groups in total. The summed E-state index contributed by atoms with van der Waals surface area (Å²) >= 11 is 0. The second kappa shape index (κ2) is 11.4. The third-order valence-corrected chi connectivity index (χ3v) is 5.59. The van der Waals surface area contributed by atoms with Crippen LogP contribution >= 0.6 is 0 Å². The van der Waals surface area contributed by atoms with Gasteiger partial charge in [-0.05, 0) is 55.7 Å². The van der Waals surface area contributed by atoms with E-state index < -0.39 is 6.09 Å². The monoisotopic (exact) mass is 429 g/mol. The highest BCUT2D eigenvalue weighted by Crippen LogP contribution is 2.39. The van der Waals surface area contributed by atoms with Gasteiger partial charge in [-0.25, -0.2) is 4.79 Å². The largest absolute Gasteiger partial charge is 0.492 e. The normalized spacial score (nSPS) is 18.0. The Morgan fingerprint density at radius 1 is 1.26 bits per heavy atom. The van der Waals surface area contributed by atoms with E-state index in [1.54, 1.807) is 0 Å². The number of nitrogens with one attached hydrogen (secondary N) is 3. The number of carbonyl (C=O) groups is 2. The molecule has 1 aromatic carbocycles. The Hall–Kier alpha value is -3.07. The molecule has 168 valence electrons. The van der Waals surface area contributed by atoms with Crippen LogP contribution in [0, 0.1) is 5.92 Å². The van der Waals surface area contributed by atoms with Gasteiger partial charge in [0.1, 0.15) is 12.4 Å². The topological polar surface area (TPSA) is 142 Å². The van der Waals surface area contributed by atoms with Crippen molar-refractivity contribution in [2.75, 3.05) is 25.0 Å². The fourth-order valence-corrected chi connectivity index (χ4v) is 4.07. The molecular formula is C22H31N5O4. The number of hydrogen-bond donors (Lipinski definition) is 5. The van der Waals surface area contributed by atoms with Crippen LogP contribution in [-0.2, 0) is 11.2 Å². The van der Waals surface area contributed by atoms with Crippen LogP contribution in [0.1, 0.15) is 49.3 Å². The van der Waals surface area contributed by atoms with Crippen LogP contribution in [0.4, 0.5) is 10.6 Å². The van der Waals surface area contributed by atoms with Crippen LogP contribution < -0.4 is 21.1 Å². The average Bonchev–Trinajstić information content (AvgIpc) is 3.40. The van der Waals surface area contributed by atoms with Gasteiger partial charge in [-0.2, -0.15) is 5.10 Å². The highest BCUT2D eigenvalue weighted by atomic mass is 16.5. The first-order valence-electron chi connectivity index (χ1n) is 10.8. The van der Waals surface area contributed by atoms with Gasteiger partial charge in [0.25, 0.3) is 0 Å². The lowest BCUT2D eigenvalue weighted by Crippen LogP contribution is -2.22. The number of aromatic nitrogens is 2. The summed E-state index contributed by atoms with van der Waals surface area (Å²) in [6.07, 6.45) is 4.42. The lowest BCUT2D eigenvalue weighted by Gasteiger charge is -2.10. The minimum absolute atomic E-state index is 0.121. The Morgan fingerprint density at radius 2 is 2.06 bits per heavy atom. The number of rotatable bonds is 11. The van der Waals surface area contributed by atoms with Gasteiger partial charge in [-0.1, -0.05) is 12.1 Å². The smallest absolute Gasteiger partial charge is 0.404 e. The molecule has 0 saturated heterocycles. The predicted octanol–water partition coefficient (Wildman–Crippen LogP) is 2.86. The molecule has 3 rings (SSSR count). The van der Waals surface area contributed by atoms with Crippen LogP contribution in [-0.4, -0.2) is 47.0 Å². The number of H-pyrrole nitrogens is 1. The van der Waals surface area contributed by atoms with Crippen LogP contribution in [0.2, 0.25) is 0 Å². The molecule has 0 radical (unpaired) electrons. The highest BCUT2D eigenvalue weighted by molar-refractivity contribution is 5.91. The van der Waals surface area contributed by atoms with E-state index in [9.17, 15) is 9.59 Å². The number of hydrogen-bond acceptors (Lipinski definition) is 5. The molecule has 1 aliphatic carbocycles. The maximum absolute atomic E-state index is 12.4. The van der Waals surface area contributed by atoms with Crippen LogP contribution in [0.3, 0.4) is 0 Å². The number of aromatic amines is 1. The lowest BCUT2D eigenvalue weighted by atomic mass is 9.98. The third kappa shape index (κ3) is 7.29. The number of carboxylic acid groups (broad SMARTS) is 1. The maximum atomic E-state index is 12.4. The zero-order chi connectivity index (χ0) is 22.1. The quantitative estimate of drug-likeness (QED) is 0.348. The zero-order valence-electron chi connectivity index (χ0n) is 17.6. The summed E-state index contributed by atoms with van der Waals surface area (Å²) in [6, 6.07) is 9.32. The maximum Gasteiger partial charge on any atom is 0.404 e. The first-order chi connectivity index (χ1) is 15.0. The van der Waals surface area contributed by atoms with Crippen molar-refractivity contribution >= 4 is 17.8 Å². The third-order valence-electron chi connectivity index (χ3n) is 5.59. The van der Waals surface area contributed by atoms with Crippen LogP contribution in [0.15, 0.2) is 30.3 Å². The fourth-order valence-electron chi connectivity index (χ4n) is 4.07. The van der Waals surface area contributed by atoms with Crippen molar-refractivity contribution < 1.29 is 19.4 Å². The van der Waals surface area contributed by atoms with Gasteiger partial charge >= 0.3 is 6.09 Å². The highest BCUT2D eigenvalue weighted by Gasteiger charge is 2.27. The van der Waals surface area contributed by atoms with Gasteiger partial charge in [0, 0.05) is 30.8 Å². The summed E-state index contributed by atoms with van der Waals surface area (Å²) in [4.78, 5) is 22.9. The first kappa shape index (κ1) is 22.6. The zero-order valence-corrected chi connectivity index (χ0v) is 17.6. The van der Waals surface area contributed by atoms with Gasteiger partial charge in [0.15, 0.2) is 5.82 Å². The molecule has 9 nitrogen and oxygen atoms in total. The Bertz CT molecular complexity index is 852. The van der Waals surface area contributed by atoms with Gasteiger partial charge in [-0.15, -0.1) is 0 Å². The molecule has 1 aliphatic rings. The van der Waals surface area contributed by atoms with Crippen molar-refractivity contribution in [1.29, 1.82) is 0 Å². The van der Waals surface area contributed by atoms with E-state index in [0.717, 1.165) is 49.1 Å². The predicted molar refractivity (Wildman–Crippen MR) is 117 cm³/mol. The molecule has 1 aromatic heterocycles. The molecule has 9 heteroatoms. The molecule has 2 aromatic rings. The minimum atomic E-state index is -0.968. The van der Waals surface area contributed by atoms with Crippen molar-refractivity contribution in [3.63, 3.8) is 0 Å². The fraction of sp³-hybridized carbons (Fsp3) is 0.500. The number of amides is 2. The van der Waals surface area contributed by atoms with E-state index in [-0.39, 0.29) is 12.3 Å². The summed E-state index contributed by atoms with van der Waals surface area (Å²) in [5.41, 5.74) is 7.36. The molecule has 1 saturated carbocycles. The van der Waals surface area contributed by atoms with E-state index in [0.29, 0.717) is 37.4 Å². The van der Waals surface area contributed by atoms with Gasteiger partial charge < -0.3 is 26.2 Å². The van der Waals surface area contributed by atoms with E-state index >= 15 is 0 Å². The summed E-state index contributed by atoms with van der Waals surface area (Å²) < 4.78 is 5.44. The van der Waals surface area contributed by atoms with E-state index in [2.05, 4.69) is 20.8 Å². The summed E-state index contributed by atoms with van der Waals surface area (Å²) in [5.74, 6) is 2.15.